The molecule has 1 aromatic heterocycles. The number of urea groups is 1. The zero-order valence-corrected chi connectivity index (χ0v) is 15.3. The molecule has 0 aliphatic carbocycles. The monoisotopic (exact) mass is 359 g/mol. The molecule has 3 N–H and O–H groups in total. The van der Waals surface area contributed by atoms with Gasteiger partial charge < -0.3 is 10.2 Å². The number of rotatable bonds is 2. The molecule has 1 aliphatic heterocycles. The first-order valence-electron chi connectivity index (χ1n) is 8.09. The van der Waals surface area contributed by atoms with E-state index in [1.54, 1.807) is 16.4 Å². The van der Waals surface area contributed by atoms with Crippen molar-refractivity contribution < 1.29 is 14.8 Å². The van der Waals surface area contributed by atoms with Gasteiger partial charge in [-0.05, 0) is 49.9 Å². The van der Waals surface area contributed by atoms with Crippen molar-refractivity contribution in [2.45, 2.75) is 33.7 Å². The summed E-state index contributed by atoms with van der Waals surface area (Å²) in [5.74, 6) is -0.513. The third-order valence-electron chi connectivity index (χ3n) is 4.40. The van der Waals surface area contributed by atoms with E-state index in [1.165, 1.54) is 16.9 Å². The van der Waals surface area contributed by atoms with E-state index >= 15 is 0 Å². The zero-order valence-electron chi connectivity index (χ0n) is 14.5. The molecule has 3 amide bonds. The van der Waals surface area contributed by atoms with Gasteiger partial charge in [0.05, 0.1) is 11.4 Å². The van der Waals surface area contributed by atoms with Crippen molar-refractivity contribution in [3.05, 3.63) is 50.2 Å². The van der Waals surface area contributed by atoms with Gasteiger partial charge in [-0.2, -0.15) is 0 Å². The molecule has 7 heteroatoms. The normalized spacial score (nSPS) is 13.4. The summed E-state index contributed by atoms with van der Waals surface area (Å²) >= 11 is 1.31. The van der Waals surface area contributed by atoms with Crippen molar-refractivity contribution in [2.24, 2.45) is 0 Å². The molecular weight excluding hydrogens is 338 g/mol. The fourth-order valence-electron chi connectivity index (χ4n) is 3.22. The van der Waals surface area contributed by atoms with Crippen LogP contribution in [-0.4, -0.2) is 28.6 Å². The van der Waals surface area contributed by atoms with Crippen LogP contribution < -0.4 is 10.8 Å². The Bertz CT molecular complexity index is 821. The number of carbonyl (C=O) groups excluding carboxylic acids is 2. The van der Waals surface area contributed by atoms with Gasteiger partial charge in [-0.1, -0.05) is 17.7 Å². The van der Waals surface area contributed by atoms with E-state index in [0.717, 1.165) is 27.3 Å². The molecular formula is C18H21N3O3S. The number of hydroxylamine groups is 1. The average molecular weight is 359 g/mol. The van der Waals surface area contributed by atoms with Gasteiger partial charge in [0.25, 0.3) is 5.91 Å². The number of hydrogen-bond acceptors (Lipinski definition) is 4. The van der Waals surface area contributed by atoms with Crippen molar-refractivity contribution in [2.75, 3.05) is 11.9 Å². The van der Waals surface area contributed by atoms with Crippen molar-refractivity contribution in [3.8, 4) is 0 Å². The van der Waals surface area contributed by atoms with E-state index in [9.17, 15) is 9.59 Å². The number of fused-ring (bicyclic) bond motifs is 1. The number of anilines is 1. The summed E-state index contributed by atoms with van der Waals surface area (Å²) in [4.78, 5) is 27.4. The van der Waals surface area contributed by atoms with Gasteiger partial charge >= 0.3 is 6.03 Å². The van der Waals surface area contributed by atoms with E-state index in [2.05, 4.69) is 17.4 Å². The zero-order chi connectivity index (χ0) is 18.1. The van der Waals surface area contributed by atoms with E-state index in [1.807, 2.05) is 20.8 Å². The van der Waals surface area contributed by atoms with E-state index in [-0.39, 0.29) is 6.03 Å². The van der Waals surface area contributed by atoms with Crippen molar-refractivity contribution in [1.82, 2.24) is 10.4 Å². The molecule has 0 atom stereocenters. The van der Waals surface area contributed by atoms with Crippen LogP contribution in [0.2, 0.25) is 0 Å². The van der Waals surface area contributed by atoms with Gasteiger partial charge in [-0.25, -0.2) is 10.3 Å². The number of benzene rings is 1. The second kappa shape index (κ2) is 6.85. The maximum atomic E-state index is 12.7. The Labute approximate surface area is 150 Å². The second-order valence-electron chi connectivity index (χ2n) is 6.38. The van der Waals surface area contributed by atoms with Crippen LogP contribution in [0.15, 0.2) is 18.2 Å². The largest absolute Gasteiger partial charge is 0.322 e. The Morgan fingerprint density at radius 1 is 1.16 bits per heavy atom. The van der Waals surface area contributed by atoms with Crippen molar-refractivity contribution >= 4 is 29.0 Å². The molecule has 0 saturated heterocycles. The van der Waals surface area contributed by atoms with Crippen LogP contribution >= 0.6 is 11.3 Å². The van der Waals surface area contributed by atoms with Crippen LogP contribution in [0.4, 0.5) is 10.5 Å². The van der Waals surface area contributed by atoms with Gasteiger partial charge in [-0.3, -0.25) is 10.0 Å². The Hall–Kier alpha value is -2.38. The smallest absolute Gasteiger partial charge is 0.319 e. The quantitative estimate of drug-likeness (QED) is 0.568. The average Bonchev–Trinajstić information content (AvgIpc) is 3.00. The Morgan fingerprint density at radius 3 is 2.48 bits per heavy atom. The van der Waals surface area contributed by atoms with Gasteiger partial charge in [0.1, 0.15) is 0 Å². The summed E-state index contributed by atoms with van der Waals surface area (Å²) in [6.07, 6.45) is 0.698. The third-order valence-corrected chi connectivity index (χ3v) is 5.56. The van der Waals surface area contributed by atoms with Crippen LogP contribution in [0, 0.1) is 20.8 Å². The van der Waals surface area contributed by atoms with Crippen LogP contribution in [0.5, 0.6) is 0 Å². The number of thiophene rings is 1. The Morgan fingerprint density at radius 2 is 1.84 bits per heavy atom. The number of carbonyl (C=O) groups is 2. The summed E-state index contributed by atoms with van der Waals surface area (Å²) in [6, 6.07) is 5.75. The standard InChI is InChI=1S/C18H21N3O3S/c1-10-6-11(2)16(12(3)7-10)19-18(23)21-5-4-13-8-14(17(22)20-24)25-15(13)9-21/h6-8,24H,4-5,9H2,1-3H3,(H,19,23)(H,20,22). The number of aryl methyl sites for hydroxylation is 3. The topological polar surface area (TPSA) is 81.7 Å². The first kappa shape index (κ1) is 17.4. The van der Waals surface area contributed by atoms with Crippen LogP contribution in [0.3, 0.4) is 0 Å². The molecule has 2 aromatic rings. The fourth-order valence-corrected chi connectivity index (χ4v) is 4.34. The van der Waals surface area contributed by atoms with E-state index in [4.69, 9.17) is 5.21 Å². The van der Waals surface area contributed by atoms with E-state index in [0.29, 0.717) is 24.4 Å². The maximum Gasteiger partial charge on any atom is 0.322 e. The molecule has 0 spiro atoms. The molecule has 2 heterocycles. The van der Waals surface area contributed by atoms with E-state index < -0.39 is 5.91 Å². The summed E-state index contributed by atoms with van der Waals surface area (Å²) in [6.45, 7) is 7.08. The Kier molecular flexibility index (Phi) is 4.78. The Balaban J connectivity index is 1.75. The van der Waals surface area contributed by atoms with Crippen LogP contribution in [0.25, 0.3) is 0 Å². The minimum Gasteiger partial charge on any atom is -0.319 e. The maximum absolute atomic E-state index is 12.7. The lowest BCUT2D eigenvalue weighted by Crippen LogP contribution is -2.38. The summed E-state index contributed by atoms with van der Waals surface area (Å²) in [5.41, 5.74) is 6.83. The molecule has 0 bridgehead atoms. The number of nitrogens with one attached hydrogen (secondary N) is 2. The first-order valence-corrected chi connectivity index (χ1v) is 8.90. The van der Waals surface area contributed by atoms with Crippen molar-refractivity contribution in [1.29, 1.82) is 0 Å². The highest BCUT2D eigenvalue weighted by molar-refractivity contribution is 7.14. The highest BCUT2D eigenvalue weighted by atomic mass is 32.1. The van der Waals surface area contributed by atoms with Crippen molar-refractivity contribution in [3.63, 3.8) is 0 Å². The molecule has 25 heavy (non-hydrogen) atoms. The lowest BCUT2D eigenvalue weighted by Gasteiger charge is -2.27. The highest BCUT2D eigenvalue weighted by Gasteiger charge is 2.25. The molecule has 132 valence electrons. The molecule has 3 rings (SSSR count). The summed E-state index contributed by atoms with van der Waals surface area (Å²) in [7, 11) is 0. The number of hydrogen-bond donors (Lipinski definition) is 3. The molecule has 0 radical (unpaired) electrons. The van der Waals surface area contributed by atoms with Gasteiger partial charge in [0, 0.05) is 17.1 Å². The summed E-state index contributed by atoms with van der Waals surface area (Å²) in [5, 5.41) is 11.8. The molecule has 6 nitrogen and oxygen atoms in total. The van der Waals surface area contributed by atoms with Crippen LogP contribution in [-0.2, 0) is 13.0 Å². The molecule has 0 fully saturated rings. The number of amides is 3. The predicted octanol–water partition coefficient (Wildman–Crippen LogP) is 3.38. The minimum absolute atomic E-state index is 0.137. The van der Waals surface area contributed by atoms with Crippen LogP contribution in [0.1, 0.15) is 36.8 Å². The van der Waals surface area contributed by atoms with Gasteiger partial charge in [-0.15, -0.1) is 11.3 Å². The van der Waals surface area contributed by atoms with Gasteiger partial charge in [0.2, 0.25) is 0 Å². The molecule has 0 unspecified atom stereocenters. The molecule has 0 saturated carbocycles. The lowest BCUT2D eigenvalue weighted by atomic mass is 10.1. The highest BCUT2D eigenvalue weighted by Crippen LogP contribution is 2.29. The molecule has 1 aromatic carbocycles. The lowest BCUT2D eigenvalue weighted by molar-refractivity contribution is 0.0711. The SMILES string of the molecule is Cc1cc(C)c(NC(=O)N2CCc3cc(C(=O)NO)sc3C2)c(C)c1. The second-order valence-corrected chi connectivity index (χ2v) is 7.51. The minimum atomic E-state index is -0.513. The predicted molar refractivity (Wildman–Crippen MR) is 97.4 cm³/mol. The first-order chi connectivity index (χ1) is 11.9. The fraction of sp³-hybridized carbons (Fsp3) is 0.333. The molecule has 1 aliphatic rings. The summed E-state index contributed by atoms with van der Waals surface area (Å²) < 4.78 is 0. The number of nitrogens with zero attached hydrogens (tertiary/aromatic N) is 1. The van der Waals surface area contributed by atoms with Gasteiger partial charge in [0.15, 0.2) is 0 Å². The third kappa shape index (κ3) is 3.52.